The fourth-order valence-electron chi connectivity index (χ4n) is 2.74. The maximum Gasteiger partial charge on any atom is 0.227 e. The summed E-state index contributed by atoms with van der Waals surface area (Å²) in [6, 6.07) is 0. The number of aliphatic hydroxyl groups is 1. The third-order valence-electron chi connectivity index (χ3n) is 4.06. The first-order valence-corrected chi connectivity index (χ1v) is 7.30. The molecule has 0 radical (unpaired) electrons. The van der Waals surface area contributed by atoms with Crippen molar-refractivity contribution in [2.75, 3.05) is 26.8 Å². The first-order chi connectivity index (χ1) is 9.14. The lowest BCUT2D eigenvalue weighted by molar-refractivity contribution is -0.131. The summed E-state index contributed by atoms with van der Waals surface area (Å²) in [5.74, 6) is 0.0570. The number of carbonyl (C=O) groups is 1. The number of methoxy groups -OCH3 is 1. The Balaban J connectivity index is 2.40. The van der Waals surface area contributed by atoms with Crippen molar-refractivity contribution >= 4 is 5.91 Å². The molecular weight excluding hydrogens is 244 g/mol. The standard InChI is InChI=1S/C14H28N2O3/c1-19-10-12(17)6-9-16-13(18)14(11-15)7-4-2-3-5-8-14/h12,17H,2-11,15H2,1H3,(H,16,18). The van der Waals surface area contributed by atoms with Gasteiger partial charge >= 0.3 is 0 Å². The highest BCUT2D eigenvalue weighted by atomic mass is 16.5. The predicted octanol–water partition coefficient (Wildman–Crippen LogP) is 0.799. The largest absolute Gasteiger partial charge is 0.391 e. The van der Waals surface area contributed by atoms with E-state index >= 15 is 0 Å². The van der Waals surface area contributed by atoms with Crippen molar-refractivity contribution in [1.29, 1.82) is 0 Å². The second-order valence-corrected chi connectivity index (χ2v) is 5.55. The Morgan fingerprint density at radius 2 is 2.00 bits per heavy atom. The van der Waals surface area contributed by atoms with Crippen molar-refractivity contribution in [2.24, 2.45) is 11.1 Å². The minimum absolute atomic E-state index is 0.0570. The van der Waals surface area contributed by atoms with Crippen LogP contribution in [0.1, 0.15) is 44.9 Å². The van der Waals surface area contributed by atoms with Crippen LogP contribution in [0.3, 0.4) is 0 Å². The Bertz CT molecular complexity index is 263. The molecule has 112 valence electrons. The summed E-state index contributed by atoms with van der Waals surface area (Å²) in [6.45, 7) is 1.20. The summed E-state index contributed by atoms with van der Waals surface area (Å²) in [5.41, 5.74) is 5.47. The van der Waals surface area contributed by atoms with Gasteiger partial charge in [0.05, 0.1) is 18.1 Å². The summed E-state index contributed by atoms with van der Waals surface area (Å²) in [6.07, 6.45) is 6.32. The smallest absolute Gasteiger partial charge is 0.227 e. The molecule has 1 fully saturated rings. The molecule has 0 aromatic rings. The van der Waals surface area contributed by atoms with E-state index in [1.807, 2.05) is 0 Å². The minimum atomic E-state index is -0.520. The van der Waals surface area contributed by atoms with Crippen LogP contribution in [0, 0.1) is 5.41 Å². The van der Waals surface area contributed by atoms with Gasteiger partial charge < -0.3 is 20.9 Å². The molecule has 0 heterocycles. The Labute approximate surface area is 115 Å². The molecule has 0 aromatic carbocycles. The molecule has 1 saturated carbocycles. The quantitative estimate of drug-likeness (QED) is 0.598. The van der Waals surface area contributed by atoms with Gasteiger partial charge in [-0.25, -0.2) is 0 Å². The number of hydrogen-bond acceptors (Lipinski definition) is 4. The number of carbonyl (C=O) groups excluding carboxylic acids is 1. The van der Waals surface area contributed by atoms with Gasteiger partial charge in [0.15, 0.2) is 0 Å². The van der Waals surface area contributed by atoms with E-state index in [4.69, 9.17) is 10.5 Å². The molecule has 1 aliphatic rings. The lowest BCUT2D eigenvalue weighted by Crippen LogP contribution is -2.46. The Morgan fingerprint density at radius 1 is 1.37 bits per heavy atom. The molecule has 5 nitrogen and oxygen atoms in total. The van der Waals surface area contributed by atoms with Gasteiger partial charge in [0.2, 0.25) is 5.91 Å². The number of amides is 1. The van der Waals surface area contributed by atoms with E-state index in [2.05, 4.69) is 5.32 Å². The maximum atomic E-state index is 12.3. The fraction of sp³-hybridized carbons (Fsp3) is 0.929. The molecule has 5 heteroatoms. The SMILES string of the molecule is COCC(O)CCNC(=O)C1(CN)CCCCCC1. The third kappa shape index (κ3) is 5.09. The summed E-state index contributed by atoms with van der Waals surface area (Å²) >= 11 is 0. The van der Waals surface area contributed by atoms with Gasteiger partial charge in [-0.1, -0.05) is 25.7 Å². The first kappa shape index (κ1) is 16.4. The first-order valence-electron chi connectivity index (χ1n) is 7.30. The molecule has 0 spiro atoms. The van der Waals surface area contributed by atoms with E-state index in [1.165, 1.54) is 12.8 Å². The van der Waals surface area contributed by atoms with Crippen molar-refractivity contribution in [2.45, 2.75) is 51.0 Å². The van der Waals surface area contributed by atoms with Crippen LogP contribution < -0.4 is 11.1 Å². The number of aliphatic hydroxyl groups excluding tert-OH is 1. The molecule has 1 amide bonds. The Morgan fingerprint density at radius 3 is 2.53 bits per heavy atom. The molecule has 0 saturated heterocycles. The summed E-state index contributed by atoms with van der Waals surface area (Å²) < 4.78 is 4.85. The van der Waals surface area contributed by atoms with Crippen molar-refractivity contribution in [1.82, 2.24) is 5.32 Å². The maximum absolute atomic E-state index is 12.3. The molecule has 4 N–H and O–H groups in total. The van der Waals surface area contributed by atoms with E-state index in [0.29, 0.717) is 26.1 Å². The van der Waals surface area contributed by atoms with Crippen LogP contribution in [0.2, 0.25) is 0 Å². The zero-order valence-corrected chi connectivity index (χ0v) is 12.0. The predicted molar refractivity (Wildman–Crippen MR) is 74.7 cm³/mol. The molecule has 0 bridgehead atoms. The molecule has 0 aliphatic heterocycles. The highest BCUT2D eigenvalue weighted by Gasteiger charge is 2.36. The van der Waals surface area contributed by atoms with E-state index in [1.54, 1.807) is 7.11 Å². The van der Waals surface area contributed by atoms with Gasteiger partial charge in [-0.15, -0.1) is 0 Å². The molecular formula is C14H28N2O3. The zero-order valence-electron chi connectivity index (χ0n) is 12.0. The Kier molecular flexibility index (Phi) is 7.34. The normalized spacial score (nSPS) is 20.6. The van der Waals surface area contributed by atoms with Crippen LogP contribution in [0.15, 0.2) is 0 Å². The van der Waals surface area contributed by atoms with Gasteiger partial charge in [0, 0.05) is 20.2 Å². The monoisotopic (exact) mass is 272 g/mol. The van der Waals surface area contributed by atoms with Crippen LogP contribution in [0.5, 0.6) is 0 Å². The van der Waals surface area contributed by atoms with Gasteiger partial charge in [0.25, 0.3) is 0 Å². The number of ether oxygens (including phenoxy) is 1. The zero-order chi connectivity index (χ0) is 14.1. The van der Waals surface area contributed by atoms with Crippen molar-refractivity contribution in [3.63, 3.8) is 0 Å². The Hall–Kier alpha value is -0.650. The fourth-order valence-corrected chi connectivity index (χ4v) is 2.74. The highest BCUT2D eigenvalue weighted by molar-refractivity contribution is 5.82. The van der Waals surface area contributed by atoms with Crippen LogP contribution in [0.25, 0.3) is 0 Å². The second-order valence-electron chi connectivity index (χ2n) is 5.55. The number of rotatable bonds is 7. The molecule has 1 unspecified atom stereocenters. The van der Waals surface area contributed by atoms with Gasteiger partial charge in [0.1, 0.15) is 0 Å². The lowest BCUT2D eigenvalue weighted by Gasteiger charge is -2.30. The van der Waals surface area contributed by atoms with Crippen LogP contribution in [-0.2, 0) is 9.53 Å². The van der Waals surface area contributed by atoms with Gasteiger partial charge in [-0.3, -0.25) is 4.79 Å². The molecule has 19 heavy (non-hydrogen) atoms. The average molecular weight is 272 g/mol. The molecule has 1 aliphatic carbocycles. The van der Waals surface area contributed by atoms with Crippen molar-refractivity contribution in [3.8, 4) is 0 Å². The van der Waals surface area contributed by atoms with Crippen molar-refractivity contribution in [3.05, 3.63) is 0 Å². The van der Waals surface area contributed by atoms with E-state index in [9.17, 15) is 9.90 Å². The average Bonchev–Trinajstić information content (AvgIpc) is 2.65. The molecule has 1 rings (SSSR count). The van der Waals surface area contributed by atoms with E-state index < -0.39 is 6.10 Å². The van der Waals surface area contributed by atoms with Crippen LogP contribution in [-0.4, -0.2) is 43.9 Å². The molecule has 1 atom stereocenters. The third-order valence-corrected chi connectivity index (χ3v) is 4.06. The number of hydrogen-bond donors (Lipinski definition) is 3. The second kappa shape index (κ2) is 8.51. The van der Waals surface area contributed by atoms with Gasteiger partial charge in [-0.05, 0) is 19.3 Å². The van der Waals surface area contributed by atoms with Crippen LogP contribution >= 0.6 is 0 Å². The van der Waals surface area contributed by atoms with Gasteiger partial charge in [-0.2, -0.15) is 0 Å². The van der Waals surface area contributed by atoms with Crippen LogP contribution in [0.4, 0.5) is 0 Å². The topological polar surface area (TPSA) is 84.6 Å². The highest BCUT2D eigenvalue weighted by Crippen LogP contribution is 2.34. The lowest BCUT2D eigenvalue weighted by atomic mass is 9.79. The summed E-state index contributed by atoms with van der Waals surface area (Å²) in [5, 5.41) is 12.5. The summed E-state index contributed by atoms with van der Waals surface area (Å²) in [4.78, 5) is 12.3. The number of nitrogens with one attached hydrogen (secondary N) is 1. The van der Waals surface area contributed by atoms with E-state index in [-0.39, 0.29) is 11.3 Å². The van der Waals surface area contributed by atoms with Crippen molar-refractivity contribution < 1.29 is 14.6 Å². The number of nitrogens with two attached hydrogens (primary N) is 1. The minimum Gasteiger partial charge on any atom is -0.391 e. The molecule has 0 aromatic heterocycles. The summed E-state index contributed by atoms with van der Waals surface area (Å²) in [7, 11) is 1.55. The van der Waals surface area contributed by atoms with E-state index in [0.717, 1.165) is 25.7 Å².